The van der Waals surface area contributed by atoms with Gasteiger partial charge in [0, 0.05) is 31.5 Å². The molecule has 0 aliphatic carbocycles. The Kier molecular flexibility index (Phi) is 6.54. The molecule has 5 nitrogen and oxygen atoms in total. The van der Waals surface area contributed by atoms with Crippen LogP contribution >= 0.6 is 24.8 Å². The summed E-state index contributed by atoms with van der Waals surface area (Å²) in [6.07, 6.45) is 5.05. The number of hydrogen-bond donors (Lipinski definition) is 1. The second-order valence-electron chi connectivity index (χ2n) is 6.43. The van der Waals surface area contributed by atoms with E-state index in [1.165, 1.54) is 24.5 Å². The van der Waals surface area contributed by atoms with E-state index in [9.17, 15) is 9.18 Å². The predicted octanol–water partition coefficient (Wildman–Crippen LogP) is 2.68. The van der Waals surface area contributed by atoms with Gasteiger partial charge in [0.05, 0.1) is 11.1 Å². The molecule has 4 rings (SSSR count). The van der Waals surface area contributed by atoms with Gasteiger partial charge < -0.3 is 10.2 Å². The molecule has 8 heteroatoms. The predicted molar refractivity (Wildman–Crippen MR) is 99.0 cm³/mol. The highest BCUT2D eigenvalue weighted by Crippen LogP contribution is 2.28. The number of nitrogens with zero attached hydrogens (tertiary/aromatic N) is 3. The number of carbonyl (C=O) groups excluding carboxylic acids is 1. The van der Waals surface area contributed by atoms with Crippen molar-refractivity contribution in [3.8, 4) is 0 Å². The minimum Gasteiger partial charge on any atom is -0.339 e. The fourth-order valence-electron chi connectivity index (χ4n) is 3.80. The van der Waals surface area contributed by atoms with E-state index >= 15 is 0 Å². The third-order valence-electron chi connectivity index (χ3n) is 5.08. The van der Waals surface area contributed by atoms with Crippen LogP contribution < -0.4 is 5.32 Å². The number of hydrogen-bond acceptors (Lipinski definition) is 4. The van der Waals surface area contributed by atoms with Crippen LogP contribution in [-0.4, -0.2) is 47.0 Å². The molecule has 2 aliphatic rings. The van der Waals surface area contributed by atoms with Crippen molar-refractivity contribution < 1.29 is 9.18 Å². The highest BCUT2D eigenvalue weighted by atomic mass is 35.5. The maximum absolute atomic E-state index is 13.8. The van der Waals surface area contributed by atoms with Gasteiger partial charge in [0.25, 0.3) is 5.91 Å². The Morgan fingerprint density at radius 3 is 2.40 bits per heavy atom. The first kappa shape index (κ1) is 19.8. The molecule has 2 aliphatic heterocycles. The quantitative estimate of drug-likeness (QED) is 0.818. The van der Waals surface area contributed by atoms with E-state index in [1.807, 2.05) is 4.90 Å². The van der Waals surface area contributed by atoms with Gasteiger partial charge in [-0.3, -0.25) is 14.8 Å². The van der Waals surface area contributed by atoms with E-state index in [0.717, 1.165) is 39.0 Å². The molecule has 0 spiro atoms. The second-order valence-corrected chi connectivity index (χ2v) is 6.43. The van der Waals surface area contributed by atoms with Crippen LogP contribution in [0.25, 0.3) is 11.0 Å². The third-order valence-corrected chi connectivity index (χ3v) is 5.08. The number of amides is 1. The van der Waals surface area contributed by atoms with E-state index in [4.69, 9.17) is 0 Å². The van der Waals surface area contributed by atoms with Gasteiger partial charge in [0.2, 0.25) is 0 Å². The Labute approximate surface area is 158 Å². The topological polar surface area (TPSA) is 58.1 Å². The molecule has 1 N–H and O–H groups in total. The average Bonchev–Trinajstić information content (AvgIpc) is 2.92. The smallest absolute Gasteiger partial charge is 0.256 e. The van der Waals surface area contributed by atoms with Crippen LogP contribution in [0.15, 0.2) is 24.5 Å². The molecule has 0 radical (unpaired) electrons. The summed E-state index contributed by atoms with van der Waals surface area (Å²) < 4.78 is 13.8. The molecule has 2 fully saturated rings. The fraction of sp³-hybridized carbons (Fsp3) is 0.471. The highest BCUT2D eigenvalue weighted by molar-refractivity contribution is 6.04. The SMILES string of the molecule is Cl.Cl.O=C(c1cc(F)cc2nccnc12)N1CC[C@@H]2CNC[C@@H]2CC1. The highest BCUT2D eigenvalue weighted by Gasteiger charge is 2.32. The summed E-state index contributed by atoms with van der Waals surface area (Å²) in [4.78, 5) is 23.1. The lowest BCUT2D eigenvalue weighted by Crippen LogP contribution is -2.33. The molecule has 2 saturated heterocycles. The van der Waals surface area contributed by atoms with Crippen molar-refractivity contribution in [3.63, 3.8) is 0 Å². The van der Waals surface area contributed by atoms with Crippen molar-refractivity contribution in [1.82, 2.24) is 20.2 Å². The molecule has 2 aromatic rings. The van der Waals surface area contributed by atoms with Crippen molar-refractivity contribution in [3.05, 3.63) is 35.9 Å². The van der Waals surface area contributed by atoms with Gasteiger partial charge in [-0.1, -0.05) is 0 Å². The van der Waals surface area contributed by atoms with Gasteiger partial charge in [-0.05, 0) is 43.8 Å². The number of aromatic nitrogens is 2. The van der Waals surface area contributed by atoms with E-state index in [2.05, 4.69) is 15.3 Å². The molecule has 3 heterocycles. The Hall–Kier alpha value is -1.50. The van der Waals surface area contributed by atoms with Gasteiger partial charge in [-0.25, -0.2) is 4.39 Å². The molecule has 1 aromatic carbocycles. The van der Waals surface area contributed by atoms with Crippen molar-refractivity contribution in [1.29, 1.82) is 0 Å². The number of rotatable bonds is 1. The molecular formula is C17H21Cl2FN4O. The van der Waals surface area contributed by atoms with E-state index in [0.29, 0.717) is 28.4 Å². The standard InChI is InChI=1S/C17H19FN4O.2ClH/c18-13-7-14(16-15(8-13)20-3-4-21-16)17(23)22-5-1-11-9-19-10-12(11)2-6-22;;/h3-4,7-8,11-12,19H,1-2,5-6,9-10H2;2*1H/t11-,12+;;. The largest absolute Gasteiger partial charge is 0.339 e. The van der Waals surface area contributed by atoms with E-state index < -0.39 is 5.82 Å². The summed E-state index contributed by atoms with van der Waals surface area (Å²) in [5, 5.41) is 3.43. The van der Waals surface area contributed by atoms with Crippen LogP contribution in [0, 0.1) is 17.7 Å². The normalized spacial score (nSPS) is 22.5. The molecular weight excluding hydrogens is 366 g/mol. The Morgan fingerprint density at radius 2 is 1.72 bits per heavy atom. The first-order chi connectivity index (χ1) is 11.2. The summed E-state index contributed by atoms with van der Waals surface area (Å²) in [5.41, 5.74) is 1.22. The molecule has 1 aromatic heterocycles. The average molecular weight is 387 g/mol. The number of benzene rings is 1. The number of likely N-dealkylation sites (tertiary alicyclic amines) is 1. The molecule has 136 valence electrons. The van der Waals surface area contributed by atoms with E-state index in [-0.39, 0.29) is 30.7 Å². The van der Waals surface area contributed by atoms with Gasteiger partial charge >= 0.3 is 0 Å². The van der Waals surface area contributed by atoms with Crippen LogP contribution in [0.2, 0.25) is 0 Å². The van der Waals surface area contributed by atoms with Gasteiger partial charge in [-0.2, -0.15) is 0 Å². The summed E-state index contributed by atoms with van der Waals surface area (Å²) in [6.45, 7) is 3.53. The van der Waals surface area contributed by atoms with Gasteiger partial charge in [-0.15, -0.1) is 24.8 Å². The molecule has 0 saturated carbocycles. The number of nitrogens with one attached hydrogen (secondary N) is 1. The molecule has 0 bridgehead atoms. The Morgan fingerprint density at radius 1 is 1.08 bits per heavy atom. The van der Waals surface area contributed by atoms with Crippen molar-refractivity contribution in [2.24, 2.45) is 11.8 Å². The zero-order valence-corrected chi connectivity index (χ0v) is 15.3. The molecule has 2 atom stereocenters. The lowest BCUT2D eigenvalue weighted by atomic mass is 9.92. The summed E-state index contributed by atoms with van der Waals surface area (Å²) in [5.74, 6) is 0.717. The first-order valence-corrected chi connectivity index (χ1v) is 8.12. The van der Waals surface area contributed by atoms with Crippen LogP contribution in [0.5, 0.6) is 0 Å². The Bertz CT molecular complexity index is 747. The third kappa shape index (κ3) is 3.86. The minimum atomic E-state index is -0.447. The lowest BCUT2D eigenvalue weighted by Gasteiger charge is -2.21. The zero-order chi connectivity index (χ0) is 15.8. The molecule has 0 unspecified atom stereocenters. The monoisotopic (exact) mass is 386 g/mol. The molecule has 1 amide bonds. The van der Waals surface area contributed by atoms with Gasteiger partial charge in [0.15, 0.2) is 0 Å². The minimum absolute atomic E-state index is 0. The molecule has 25 heavy (non-hydrogen) atoms. The number of carbonyl (C=O) groups is 1. The second kappa shape index (κ2) is 8.25. The number of halogens is 3. The van der Waals surface area contributed by atoms with Crippen LogP contribution in [0.3, 0.4) is 0 Å². The first-order valence-electron chi connectivity index (χ1n) is 8.12. The van der Waals surface area contributed by atoms with Crippen molar-refractivity contribution in [2.45, 2.75) is 12.8 Å². The number of fused-ring (bicyclic) bond motifs is 2. The Balaban J connectivity index is 0.00000113. The van der Waals surface area contributed by atoms with E-state index in [1.54, 1.807) is 0 Å². The van der Waals surface area contributed by atoms with Gasteiger partial charge in [0.1, 0.15) is 11.3 Å². The van der Waals surface area contributed by atoms with Crippen LogP contribution in [-0.2, 0) is 0 Å². The van der Waals surface area contributed by atoms with Crippen molar-refractivity contribution >= 4 is 41.8 Å². The summed E-state index contributed by atoms with van der Waals surface area (Å²) in [6, 6.07) is 2.60. The zero-order valence-electron chi connectivity index (χ0n) is 13.7. The summed E-state index contributed by atoms with van der Waals surface area (Å²) >= 11 is 0. The maximum Gasteiger partial charge on any atom is 0.256 e. The lowest BCUT2D eigenvalue weighted by molar-refractivity contribution is 0.0760. The van der Waals surface area contributed by atoms with Crippen LogP contribution in [0.1, 0.15) is 23.2 Å². The van der Waals surface area contributed by atoms with Crippen molar-refractivity contribution in [2.75, 3.05) is 26.2 Å². The fourth-order valence-corrected chi connectivity index (χ4v) is 3.80. The summed E-state index contributed by atoms with van der Waals surface area (Å²) in [7, 11) is 0. The van der Waals surface area contributed by atoms with Crippen LogP contribution in [0.4, 0.5) is 4.39 Å². The maximum atomic E-state index is 13.8.